The fourth-order valence-electron chi connectivity index (χ4n) is 3.91. The number of carboxylic acids is 1. The number of rotatable bonds is 4. The zero-order chi connectivity index (χ0) is 18.8. The van der Waals surface area contributed by atoms with E-state index >= 15 is 0 Å². The lowest BCUT2D eigenvalue weighted by molar-refractivity contribution is -0.137. The Bertz CT molecular complexity index is 995. The van der Waals surface area contributed by atoms with E-state index in [1.807, 2.05) is 59.2 Å². The Morgan fingerprint density at radius 1 is 1.07 bits per heavy atom. The molecule has 2 aromatic carbocycles. The molecule has 6 nitrogen and oxygen atoms in total. The Morgan fingerprint density at radius 2 is 1.81 bits per heavy atom. The maximum absolute atomic E-state index is 12.3. The highest BCUT2D eigenvalue weighted by atomic mass is 16.4. The van der Waals surface area contributed by atoms with Gasteiger partial charge >= 0.3 is 12.0 Å². The molecule has 2 amide bonds. The molecule has 0 fully saturated rings. The number of nitrogens with zero attached hydrogens (tertiary/aromatic N) is 1. The lowest BCUT2D eigenvalue weighted by atomic mass is 9.91. The molecule has 1 atom stereocenters. The van der Waals surface area contributed by atoms with Gasteiger partial charge in [-0.05, 0) is 43.0 Å². The number of benzene rings is 2. The lowest BCUT2D eigenvalue weighted by Crippen LogP contribution is -2.41. The molecule has 0 saturated carbocycles. The second-order valence-corrected chi connectivity index (χ2v) is 6.83. The van der Waals surface area contributed by atoms with Gasteiger partial charge in [-0.25, -0.2) is 4.79 Å². The van der Waals surface area contributed by atoms with Gasteiger partial charge in [0.15, 0.2) is 0 Å². The van der Waals surface area contributed by atoms with Crippen molar-refractivity contribution in [1.29, 1.82) is 0 Å². The van der Waals surface area contributed by atoms with Crippen LogP contribution in [-0.4, -0.2) is 27.7 Å². The van der Waals surface area contributed by atoms with Crippen LogP contribution >= 0.6 is 0 Å². The Kier molecular flexibility index (Phi) is 4.54. The molecular weight excluding hydrogens is 342 g/mol. The fourth-order valence-corrected chi connectivity index (χ4v) is 3.91. The van der Waals surface area contributed by atoms with Gasteiger partial charge in [-0.3, -0.25) is 4.79 Å². The van der Waals surface area contributed by atoms with Crippen LogP contribution in [0.15, 0.2) is 54.6 Å². The molecular formula is C21H21N3O3. The van der Waals surface area contributed by atoms with Gasteiger partial charge in [0.05, 0.1) is 0 Å². The van der Waals surface area contributed by atoms with Crippen LogP contribution < -0.4 is 10.6 Å². The first kappa shape index (κ1) is 17.1. The SMILES string of the molecule is O=C(O)Cn1c2c(c3ccccc31)C[C@@H](NC(=O)Nc1ccccc1)CC2. The van der Waals surface area contributed by atoms with Crippen LogP contribution in [-0.2, 0) is 24.2 Å². The van der Waals surface area contributed by atoms with Crippen LogP contribution in [0.3, 0.4) is 0 Å². The van der Waals surface area contributed by atoms with E-state index < -0.39 is 5.97 Å². The van der Waals surface area contributed by atoms with Crippen LogP contribution in [0.4, 0.5) is 10.5 Å². The third-order valence-corrected chi connectivity index (χ3v) is 5.03. The molecule has 3 aromatic rings. The molecule has 0 aliphatic heterocycles. The van der Waals surface area contributed by atoms with E-state index in [1.54, 1.807) is 0 Å². The molecule has 4 rings (SSSR count). The number of para-hydroxylation sites is 2. The van der Waals surface area contributed by atoms with E-state index in [0.717, 1.165) is 40.7 Å². The molecule has 27 heavy (non-hydrogen) atoms. The molecule has 138 valence electrons. The summed E-state index contributed by atoms with van der Waals surface area (Å²) in [5, 5.41) is 16.2. The maximum Gasteiger partial charge on any atom is 0.323 e. The van der Waals surface area contributed by atoms with Gasteiger partial charge in [0.25, 0.3) is 0 Å². The predicted octanol–water partition coefficient (Wildman–Crippen LogP) is 3.40. The second kappa shape index (κ2) is 7.15. The van der Waals surface area contributed by atoms with Gasteiger partial charge < -0.3 is 20.3 Å². The number of aromatic nitrogens is 1. The highest BCUT2D eigenvalue weighted by molar-refractivity contribution is 5.90. The molecule has 1 aromatic heterocycles. The van der Waals surface area contributed by atoms with Crippen molar-refractivity contribution in [2.75, 3.05) is 5.32 Å². The average Bonchev–Trinajstić information content (AvgIpc) is 2.96. The van der Waals surface area contributed by atoms with Crippen LogP contribution in [0.25, 0.3) is 10.9 Å². The Labute approximate surface area is 156 Å². The molecule has 3 N–H and O–H groups in total. The van der Waals surface area contributed by atoms with Crippen molar-refractivity contribution < 1.29 is 14.7 Å². The van der Waals surface area contributed by atoms with Crippen molar-refractivity contribution in [1.82, 2.24) is 9.88 Å². The van der Waals surface area contributed by atoms with Crippen molar-refractivity contribution in [3.63, 3.8) is 0 Å². The summed E-state index contributed by atoms with van der Waals surface area (Å²) in [4.78, 5) is 23.6. The van der Waals surface area contributed by atoms with Crippen molar-refractivity contribution >= 4 is 28.6 Å². The largest absolute Gasteiger partial charge is 0.480 e. The topological polar surface area (TPSA) is 83.4 Å². The van der Waals surface area contributed by atoms with Gasteiger partial charge in [0, 0.05) is 28.3 Å². The number of hydrogen-bond acceptors (Lipinski definition) is 2. The van der Waals surface area contributed by atoms with Crippen molar-refractivity contribution in [2.45, 2.75) is 31.8 Å². The molecule has 0 spiro atoms. The highest BCUT2D eigenvalue weighted by Gasteiger charge is 2.26. The number of hydrogen-bond donors (Lipinski definition) is 3. The van der Waals surface area contributed by atoms with Gasteiger partial charge in [-0.2, -0.15) is 0 Å². The van der Waals surface area contributed by atoms with Crippen molar-refractivity contribution in [3.8, 4) is 0 Å². The second-order valence-electron chi connectivity index (χ2n) is 6.83. The van der Waals surface area contributed by atoms with E-state index in [-0.39, 0.29) is 18.6 Å². The summed E-state index contributed by atoms with van der Waals surface area (Å²) in [5.74, 6) is -0.846. The van der Waals surface area contributed by atoms with Crippen molar-refractivity contribution in [3.05, 3.63) is 65.9 Å². The standard InChI is InChI=1S/C21H21N3O3/c25-20(26)13-24-18-9-5-4-8-16(18)17-12-15(10-11-19(17)24)23-21(27)22-14-6-2-1-3-7-14/h1-9,15H,10-13H2,(H,25,26)(H2,22,23,27)/t15-/m0/s1. The molecule has 0 bridgehead atoms. The van der Waals surface area contributed by atoms with Gasteiger partial charge in [-0.15, -0.1) is 0 Å². The third-order valence-electron chi connectivity index (χ3n) is 5.03. The summed E-state index contributed by atoms with van der Waals surface area (Å²) < 4.78 is 1.90. The number of nitrogens with one attached hydrogen (secondary N) is 2. The molecule has 1 heterocycles. The van der Waals surface area contributed by atoms with Crippen molar-refractivity contribution in [2.24, 2.45) is 0 Å². The number of urea groups is 1. The highest BCUT2D eigenvalue weighted by Crippen LogP contribution is 2.32. The summed E-state index contributed by atoms with van der Waals surface area (Å²) in [6, 6.07) is 17.0. The summed E-state index contributed by atoms with van der Waals surface area (Å²) in [6.45, 7) is -0.0393. The Morgan fingerprint density at radius 3 is 2.59 bits per heavy atom. The minimum absolute atomic E-state index is 0.0188. The number of carboxylic acid groups (broad SMARTS) is 1. The predicted molar refractivity (Wildman–Crippen MR) is 104 cm³/mol. The minimum Gasteiger partial charge on any atom is -0.480 e. The number of anilines is 1. The minimum atomic E-state index is -0.846. The zero-order valence-electron chi connectivity index (χ0n) is 14.8. The maximum atomic E-state index is 12.3. The smallest absolute Gasteiger partial charge is 0.323 e. The Hall–Kier alpha value is -3.28. The van der Waals surface area contributed by atoms with E-state index in [2.05, 4.69) is 10.6 Å². The molecule has 0 radical (unpaired) electrons. The molecule has 1 aliphatic carbocycles. The molecule has 0 saturated heterocycles. The van der Waals surface area contributed by atoms with Gasteiger partial charge in [0.1, 0.15) is 6.54 Å². The van der Waals surface area contributed by atoms with Crippen LogP contribution in [0.1, 0.15) is 17.7 Å². The number of amides is 2. The monoisotopic (exact) mass is 363 g/mol. The first-order chi connectivity index (χ1) is 13.1. The van der Waals surface area contributed by atoms with Crippen LogP contribution in [0.5, 0.6) is 0 Å². The average molecular weight is 363 g/mol. The summed E-state index contributed by atoms with van der Waals surface area (Å²) in [5.41, 5.74) is 3.91. The summed E-state index contributed by atoms with van der Waals surface area (Å²) in [7, 11) is 0. The first-order valence-electron chi connectivity index (χ1n) is 9.05. The lowest BCUT2D eigenvalue weighted by Gasteiger charge is -2.25. The normalized spacial score (nSPS) is 15.9. The van der Waals surface area contributed by atoms with Crippen LogP contribution in [0, 0.1) is 0 Å². The summed E-state index contributed by atoms with van der Waals surface area (Å²) in [6.07, 6.45) is 2.23. The number of carbonyl (C=O) groups is 2. The van der Waals surface area contributed by atoms with Gasteiger partial charge in [-0.1, -0.05) is 36.4 Å². The zero-order valence-corrected chi connectivity index (χ0v) is 14.8. The van der Waals surface area contributed by atoms with Crippen LogP contribution in [0.2, 0.25) is 0 Å². The van der Waals surface area contributed by atoms with Gasteiger partial charge in [0.2, 0.25) is 0 Å². The number of carbonyl (C=O) groups excluding carboxylic acids is 1. The summed E-state index contributed by atoms with van der Waals surface area (Å²) >= 11 is 0. The van der Waals surface area contributed by atoms with E-state index in [4.69, 9.17) is 0 Å². The number of fused-ring (bicyclic) bond motifs is 3. The quantitative estimate of drug-likeness (QED) is 0.664. The number of aliphatic carboxylic acids is 1. The first-order valence-corrected chi connectivity index (χ1v) is 9.05. The third kappa shape index (κ3) is 3.51. The van der Waals surface area contributed by atoms with E-state index in [1.165, 1.54) is 0 Å². The Balaban J connectivity index is 1.54. The van der Waals surface area contributed by atoms with E-state index in [9.17, 15) is 14.7 Å². The molecule has 0 unspecified atom stereocenters. The van der Waals surface area contributed by atoms with E-state index in [0.29, 0.717) is 6.42 Å². The molecule has 6 heteroatoms. The fraction of sp³-hybridized carbons (Fsp3) is 0.238. The molecule has 1 aliphatic rings.